The molecular weight excluding hydrogens is 461 g/mol. The fourth-order valence-electron chi connectivity index (χ4n) is 3.08. The maximum Gasteiger partial charge on any atom is 0.264 e. The summed E-state index contributed by atoms with van der Waals surface area (Å²) in [6.07, 6.45) is 0. The third kappa shape index (κ3) is 5.70. The van der Waals surface area contributed by atoms with Crippen LogP contribution in [0.3, 0.4) is 0 Å². The van der Waals surface area contributed by atoms with Crippen LogP contribution in [-0.4, -0.2) is 47.5 Å². The van der Waals surface area contributed by atoms with Crippen LogP contribution in [0.2, 0.25) is 0 Å². The molecule has 2 amide bonds. The Bertz CT molecular complexity index is 1280. The Balaban J connectivity index is 1.61. The normalized spacial score (nSPS) is 10.9. The molecule has 0 aliphatic rings. The maximum atomic E-state index is 13.6. The molecule has 34 heavy (non-hydrogen) atoms. The second-order valence-corrected chi connectivity index (χ2v) is 9.16. The van der Waals surface area contributed by atoms with Crippen molar-refractivity contribution in [3.8, 4) is 5.75 Å². The van der Waals surface area contributed by atoms with Crippen LogP contribution in [0, 0.1) is 5.82 Å². The van der Waals surface area contributed by atoms with Gasteiger partial charge in [0.05, 0.1) is 23.3 Å². The van der Waals surface area contributed by atoms with Gasteiger partial charge in [0.25, 0.3) is 21.8 Å². The van der Waals surface area contributed by atoms with Gasteiger partial charge in [0.2, 0.25) is 0 Å². The molecule has 0 aliphatic carbocycles. The number of methoxy groups -OCH3 is 1. The number of ether oxygens (including phenoxy) is 1. The van der Waals surface area contributed by atoms with E-state index in [1.54, 1.807) is 30.3 Å². The lowest BCUT2D eigenvalue weighted by Crippen LogP contribution is -2.35. The molecule has 0 saturated carbocycles. The average molecular weight is 486 g/mol. The van der Waals surface area contributed by atoms with E-state index in [2.05, 4.69) is 10.6 Å². The Hall–Kier alpha value is -3.92. The summed E-state index contributed by atoms with van der Waals surface area (Å²) >= 11 is 0. The molecule has 3 aromatic rings. The van der Waals surface area contributed by atoms with Gasteiger partial charge >= 0.3 is 0 Å². The molecule has 0 radical (unpaired) electrons. The Morgan fingerprint density at radius 3 is 2.21 bits per heavy atom. The molecule has 0 unspecified atom stereocenters. The lowest BCUT2D eigenvalue weighted by Gasteiger charge is -2.20. The van der Waals surface area contributed by atoms with E-state index in [9.17, 15) is 22.4 Å². The van der Waals surface area contributed by atoms with E-state index in [4.69, 9.17) is 4.74 Å². The molecule has 8 nitrogen and oxygen atoms in total. The van der Waals surface area contributed by atoms with E-state index in [-0.39, 0.29) is 29.1 Å². The summed E-state index contributed by atoms with van der Waals surface area (Å²) < 4.78 is 45.9. The first-order valence-electron chi connectivity index (χ1n) is 10.3. The molecule has 178 valence electrons. The average Bonchev–Trinajstić information content (AvgIpc) is 2.86. The minimum absolute atomic E-state index is 0.0497. The van der Waals surface area contributed by atoms with Crippen molar-refractivity contribution < 1.29 is 27.1 Å². The van der Waals surface area contributed by atoms with Gasteiger partial charge in [-0.25, -0.2) is 12.8 Å². The van der Waals surface area contributed by atoms with Crippen molar-refractivity contribution in [1.82, 2.24) is 10.6 Å². The Morgan fingerprint density at radius 2 is 1.56 bits per heavy atom. The first-order valence-corrected chi connectivity index (χ1v) is 11.7. The number of nitrogens with zero attached hydrogens (tertiary/aromatic N) is 1. The van der Waals surface area contributed by atoms with E-state index in [0.717, 1.165) is 4.31 Å². The van der Waals surface area contributed by atoms with Crippen molar-refractivity contribution in [3.05, 3.63) is 89.7 Å². The highest BCUT2D eigenvalue weighted by molar-refractivity contribution is 7.92. The van der Waals surface area contributed by atoms with Crippen LogP contribution in [-0.2, 0) is 10.0 Å². The van der Waals surface area contributed by atoms with Crippen molar-refractivity contribution in [2.45, 2.75) is 4.90 Å². The lowest BCUT2D eigenvalue weighted by molar-refractivity contribution is 0.0925. The van der Waals surface area contributed by atoms with Gasteiger partial charge in [-0.3, -0.25) is 13.9 Å². The molecule has 0 atom stereocenters. The number of carbonyl (C=O) groups excluding carboxylic acids is 2. The number of nitrogens with one attached hydrogen (secondary N) is 2. The van der Waals surface area contributed by atoms with Crippen LogP contribution in [0.25, 0.3) is 0 Å². The highest BCUT2D eigenvalue weighted by Gasteiger charge is 2.22. The quantitative estimate of drug-likeness (QED) is 0.454. The highest BCUT2D eigenvalue weighted by atomic mass is 32.2. The SMILES string of the molecule is COc1ccc(N(C)S(=O)(=O)c2cccc(C(=O)NCCNC(=O)c3ccccc3F)c2)cc1. The zero-order chi connectivity index (χ0) is 24.7. The van der Waals surface area contributed by atoms with E-state index in [0.29, 0.717) is 11.4 Å². The molecule has 0 saturated heterocycles. The van der Waals surface area contributed by atoms with Gasteiger partial charge in [-0.2, -0.15) is 0 Å². The zero-order valence-electron chi connectivity index (χ0n) is 18.6. The van der Waals surface area contributed by atoms with Gasteiger partial charge in [0.1, 0.15) is 11.6 Å². The molecule has 0 bridgehead atoms. The Kier molecular flexibility index (Phi) is 7.85. The second kappa shape index (κ2) is 10.8. The first-order chi connectivity index (χ1) is 16.2. The number of benzene rings is 3. The largest absolute Gasteiger partial charge is 0.497 e. The summed E-state index contributed by atoms with van der Waals surface area (Å²) in [4.78, 5) is 24.5. The van der Waals surface area contributed by atoms with Crippen LogP contribution in [0.15, 0.2) is 77.7 Å². The predicted octanol–water partition coefficient (Wildman–Crippen LogP) is 2.82. The van der Waals surface area contributed by atoms with Crippen molar-refractivity contribution in [2.24, 2.45) is 0 Å². The predicted molar refractivity (Wildman–Crippen MR) is 126 cm³/mol. The van der Waals surface area contributed by atoms with E-state index in [1.807, 2.05) is 0 Å². The molecule has 0 aromatic heterocycles. The van der Waals surface area contributed by atoms with Gasteiger partial charge in [-0.05, 0) is 54.6 Å². The molecule has 0 spiro atoms. The van der Waals surface area contributed by atoms with E-state index in [1.165, 1.54) is 56.6 Å². The molecule has 3 rings (SSSR count). The maximum absolute atomic E-state index is 13.6. The van der Waals surface area contributed by atoms with Crippen molar-refractivity contribution in [2.75, 3.05) is 31.6 Å². The Labute approximate surface area is 197 Å². The number of halogens is 1. The minimum Gasteiger partial charge on any atom is -0.497 e. The number of hydrogen-bond donors (Lipinski definition) is 2. The molecule has 3 aromatic carbocycles. The summed E-state index contributed by atoms with van der Waals surface area (Å²) in [5.74, 6) is -1.15. The molecule has 0 fully saturated rings. The van der Waals surface area contributed by atoms with Crippen molar-refractivity contribution in [3.63, 3.8) is 0 Å². The van der Waals surface area contributed by atoms with Crippen LogP contribution < -0.4 is 19.7 Å². The second-order valence-electron chi connectivity index (χ2n) is 7.19. The summed E-state index contributed by atoms with van der Waals surface area (Å²) in [6.45, 7) is 0.138. The molecule has 2 N–H and O–H groups in total. The number of amides is 2. The van der Waals surface area contributed by atoms with E-state index < -0.39 is 27.7 Å². The topological polar surface area (TPSA) is 105 Å². The summed E-state index contributed by atoms with van der Waals surface area (Å²) in [5, 5.41) is 5.12. The molecular formula is C24H24FN3O5S. The van der Waals surface area contributed by atoms with Crippen LogP contribution >= 0.6 is 0 Å². The molecule has 10 heteroatoms. The van der Waals surface area contributed by atoms with Gasteiger partial charge < -0.3 is 15.4 Å². The lowest BCUT2D eigenvalue weighted by atomic mass is 10.2. The van der Waals surface area contributed by atoms with Gasteiger partial charge in [0.15, 0.2) is 0 Å². The summed E-state index contributed by atoms with van der Waals surface area (Å²) in [7, 11) is -0.983. The third-order valence-corrected chi connectivity index (χ3v) is 6.79. The fourth-order valence-corrected chi connectivity index (χ4v) is 4.32. The molecule has 0 heterocycles. The monoisotopic (exact) mass is 485 g/mol. The number of anilines is 1. The smallest absolute Gasteiger partial charge is 0.264 e. The fraction of sp³-hybridized carbons (Fsp3) is 0.167. The van der Waals surface area contributed by atoms with Gasteiger partial charge in [-0.1, -0.05) is 18.2 Å². The van der Waals surface area contributed by atoms with Crippen LogP contribution in [0.1, 0.15) is 20.7 Å². The van der Waals surface area contributed by atoms with Crippen molar-refractivity contribution >= 4 is 27.5 Å². The van der Waals surface area contributed by atoms with Crippen LogP contribution in [0.4, 0.5) is 10.1 Å². The van der Waals surface area contributed by atoms with Gasteiger partial charge in [-0.15, -0.1) is 0 Å². The van der Waals surface area contributed by atoms with Crippen molar-refractivity contribution in [1.29, 1.82) is 0 Å². The number of hydrogen-bond acceptors (Lipinski definition) is 5. The number of carbonyl (C=O) groups is 2. The summed E-state index contributed by atoms with van der Waals surface area (Å²) in [6, 6.07) is 17.7. The zero-order valence-corrected chi connectivity index (χ0v) is 19.4. The summed E-state index contributed by atoms with van der Waals surface area (Å²) in [5.41, 5.74) is 0.485. The highest BCUT2D eigenvalue weighted by Crippen LogP contribution is 2.24. The molecule has 0 aliphatic heterocycles. The number of rotatable bonds is 9. The third-order valence-electron chi connectivity index (χ3n) is 5.01. The minimum atomic E-state index is -3.92. The Morgan fingerprint density at radius 1 is 0.912 bits per heavy atom. The number of sulfonamides is 1. The van der Waals surface area contributed by atoms with Crippen LogP contribution in [0.5, 0.6) is 5.75 Å². The van der Waals surface area contributed by atoms with Gasteiger partial charge in [0, 0.05) is 25.7 Å². The first kappa shape index (κ1) is 24.7. The standard InChI is InChI=1S/C24H24FN3O5S/c1-28(18-10-12-19(33-2)13-11-18)34(31,32)20-7-5-6-17(16-20)23(29)26-14-15-27-24(30)21-8-3-4-9-22(21)25/h3-13,16H,14-15H2,1-2H3,(H,26,29)(H,27,30). The van der Waals surface area contributed by atoms with E-state index >= 15 is 0 Å².